The third-order valence-corrected chi connectivity index (χ3v) is 7.16. The van der Waals surface area contributed by atoms with Crippen molar-refractivity contribution in [1.82, 2.24) is 29.4 Å². The predicted molar refractivity (Wildman–Crippen MR) is 149 cm³/mol. The fourth-order valence-electron chi connectivity index (χ4n) is 5.22. The van der Waals surface area contributed by atoms with Crippen molar-refractivity contribution in [1.29, 1.82) is 0 Å². The van der Waals surface area contributed by atoms with Gasteiger partial charge < -0.3 is 14.2 Å². The molecule has 0 bridgehead atoms. The predicted octanol–water partition coefficient (Wildman–Crippen LogP) is 5.80. The van der Waals surface area contributed by atoms with Gasteiger partial charge in [0.25, 0.3) is 0 Å². The maximum Gasteiger partial charge on any atom is 0.230 e. The minimum absolute atomic E-state index is 0.228. The summed E-state index contributed by atoms with van der Waals surface area (Å²) in [5.74, 6) is 2.99. The number of ether oxygens (including phenoxy) is 3. The largest absolute Gasteiger partial charge is 0.497 e. The molecule has 0 saturated carbocycles. The van der Waals surface area contributed by atoms with Crippen molar-refractivity contribution in [2.75, 3.05) is 7.11 Å². The molecule has 1 atom stereocenters. The Labute approximate surface area is 230 Å². The fourth-order valence-corrected chi connectivity index (χ4v) is 5.22. The van der Waals surface area contributed by atoms with Gasteiger partial charge in [-0.05, 0) is 55.3 Å². The van der Waals surface area contributed by atoms with E-state index in [1.807, 2.05) is 85.3 Å². The van der Waals surface area contributed by atoms with Crippen LogP contribution in [-0.4, -0.2) is 36.5 Å². The van der Waals surface area contributed by atoms with Crippen LogP contribution in [0.15, 0.2) is 85.2 Å². The molecule has 0 spiro atoms. The van der Waals surface area contributed by atoms with Gasteiger partial charge in [0, 0.05) is 0 Å². The SMILES string of the molecule is COc1ccc([C@H]2c3c(C)nn(-c4ccccc4)c3Oc3ncn4nc(COc5ccccc5C)nc4c32)cc1. The van der Waals surface area contributed by atoms with Gasteiger partial charge in [-0.15, -0.1) is 5.10 Å². The molecule has 0 aliphatic carbocycles. The lowest BCUT2D eigenvalue weighted by atomic mass is 9.84. The molecule has 0 saturated heterocycles. The summed E-state index contributed by atoms with van der Waals surface area (Å²) in [6.07, 6.45) is 1.63. The number of methoxy groups -OCH3 is 1. The van der Waals surface area contributed by atoms with Crippen LogP contribution in [0.5, 0.6) is 23.3 Å². The highest BCUT2D eigenvalue weighted by Crippen LogP contribution is 2.49. The normalized spacial score (nSPS) is 13.9. The molecule has 4 heterocycles. The van der Waals surface area contributed by atoms with E-state index >= 15 is 0 Å². The van der Waals surface area contributed by atoms with Crippen LogP contribution in [0, 0.1) is 13.8 Å². The van der Waals surface area contributed by atoms with Crippen LogP contribution in [-0.2, 0) is 6.61 Å². The van der Waals surface area contributed by atoms with Crippen LogP contribution in [0.3, 0.4) is 0 Å². The third kappa shape index (κ3) is 3.94. The van der Waals surface area contributed by atoms with E-state index in [4.69, 9.17) is 24.3 Å². The van der Waals surface area contributed by atoms with E-state index in [0.29, 0.717) is 23.2 Å². The molecule has 0 amide bonds. The molecule has 0 radical (unpaired) electrons. The molecule has 1 aliphatic heterocycles. The molecule has 3 aromatic heterocycles. The van der Waals surface area contributed by atoms with Gasteiger partial charge in [0.05, 0.1) is 35.5 Å². The number of benzene rings is 3. The van der Waals surface area contributed by atoms with E-state index in [1.54, 1.807) is 18.0 Å². The average molecular weight is 531 g/mol. The quantitative estimate of drug-likeness (QED) is 0.268. The zero-order chi connectivity index (χ0) is 27.2. The van der Waals surface area contributed by atoms with Crippen molar-refractivity contribution >= 4 is 5.65 Å². The van der Waals surface area contributed by atoms with Crippen LogP contribution in [0.4, 0.5) is 0 Å². The Hall–Kier alpha value is -5.18. The first-order chi connectivity index (χ1) is 19.6. The van der Waals surface area contributed by atoms with E-state index < -0.39 is 0 Å². The summed E-state index contributed by atoms with van der Waals surface area (Å²) in [4.78, 5) is 9.58. The lowest BCUT2D eigenvalue weighted by Crippen LogP contribution is -2.16. The molecule has 6 aromatic rings. The second-order valence-electron chi connectivity index (χ2n) is 9.67. The van der Waals surface area contributed by atoms with Crippen molar-refractivity contribution in [3.05, 3.63) is 119 Å². The van der Waals surface area contributed by atoms with E-state index in [-0.39, 0.29) is 12.5 Å². The lowest BCUT2D eigenvalue weighted by Gasteiger charge is -2.26. The molecular weight excluding hydrogens is 504 g/mol. The topological polar surface area (TPSA) is 88.6 Å². The Morgan fingerprint density at radius 2 is 1.65 bits per heavy atom. The second kappa shape index (κ2) is 9.53. The van der Waals surface area contributed by atoms with Gasteiger partial charge in [0.2, 0.25) is 11.8 Å². The summed E-state index contributed by atoms with van der Waals surface area (Å²) in [6, 6.07) is 25.9. The molecule has 1 aliphatic rings. The van der Waals surface area contributed by atoms with Crippen molar-refractivity contribution in [2.45, 2.75) is 26.4 Å². The minimum atomic E-state index is -0.243. The summed E-state index contributed by atoms with van der Waals surface area (Å²) in [5.41, 5.74) is 6.29. The Balaban J connectivity index is 1.37. The van der Waals surface area contributed by atoms with Gasteiger partial charge >= 0.3 is 0 Å². The molecule has 40 heavy (non-hydrogen) atoms. The summed E-state index contributed by atoms with van der Waals surface area (Å²) in [5, 5.41) is 9.56. The van der Waals surface area contributed by atoms with Gasteiger partial charge in [0.15, 0.2) is 11.5 Å². The zero-order valence-corrected chi connectivity index (χ0v) is 22.3. The highest BCUT2D eigenvalue weighted by molar-refractivity contribution is 5.66. The first-order valence-corrected chi connectivity index (χ1v) is 13.0. The van der Waals surface area contributed by atoms with Crippen molar-refractivity contribution in [3.63, 3.8) is 0 Å². The molecule has 0 fully saturated rings. The number of rotatable bonds is 6. The monoisotopic (exact) mass is 530 g/mol. The fraction of sp³-hybridized carbons (Fsp3) is 0.161. The third-order valence-electron chi connectivity index (χ3n) is 7.16. The Morgan fingerprint density at radius 1 is 0.875 bits per heavy atom. The first kappa shape index (κ1) is 23.9. The Morgan fingerprint density at radius 3 is 2.42 bits per heavy atom. The first-order valence-electron chi connectivity index (χ1n) is 13.0. The highest BCUT2D eigenvalue weighted by atomic mass is 16.5. The highest BCUT2D eigenvalue weighted by Gasteiger charge is 2.38. The Bertz CT molecular complexity index is 1840. The summed E-state index contributed by atoms with van der Waals surface area (Å²) in [6.45, 7) is 4.24. The van der Waals surface area contributed by atoms with Gasteiger partial charge in [-0.25, -0.2) is 19.2 Å². The van der Waals surface area contributed by atoms with Crippen LogP contribution < -0.4 is 14.2 Å². The minimum Gasteiger partial charge on any atom is -0.497 e. The molecular formula is C31H26N6O3. The molecule has 198 valence electrons. The molecule has 9 nitrogen and oxygen atoms in total. The van der Waals surface area contributed by atoms with E-state index in [2.05, 4.69) is 22.2 Å². The molecule has 3 aromatic carbocycles. The van der Waals surface area contributed by atoms with Gasteiger partial charge in [-0.2, -0.15) is 5.10 Å². The van der Waals surface area contributed by atoms with Gasteiger partial charge in [0.1, 0.15) is 24.4 Å². The number of nitrogens with zero attached hydrogens (tertiary/aromatic N) is 6. The smallest absolute Gasteiger partial charge is 0.230 e. The number of fused-ring (bicyclic) bond motifs is 4. The second-order valence-corrected chi connectivity index (χ2v) is 9.67. The maximum atomic E-state index is 6.50. The Kier molecular flexibility index (Phi) is 5.70. The average Bonchev–Trinajstić information content (AvgIpc) is 3.56. The number of hydrogen-bond acceptors (Lipinski definition) is 7. The number of aromatic nitrogens is 6. The van der Waals surface area contributed by atoms with Crippen molar-refractivity contribution in [3.8, 4) is 28.9 Å². The number of hydrogen-bond donors (Lipinski definition) is 0. The van der Waals surface area contributed by atoms with Crippen molar-refractivity contribution < 1.29 is 14.2 Å². The standard InChI is InChI=1S/C31H26N6O3/c1-19-9-7-8-12-24(19)39-17-25-33-29-28-27(21-13-15-23(38-3)16-14-21)26-20(2)34-37(22-10-5-4-6-11-22)31(26)40-30(28)32-18-36(29)35-25/h4-16,18,27H,17H2,1-3H3/t27-/m0/s1. The van der Waals surface area contributed by atoms with Crippen LogP contribution >= 0.6 is 0 Å². The van der Waals surface area contributed by atoms with Crippen LogP contribution in [0.1, 0.15) is 39.7 Å². The molecule has 0 unspecified atom stereocenters. The lowest BCUT2D eigenvalue weighted by molar-refractivity contribution is 0.294. The molecule has 0 N–H and O–H groups in total. The van der Waals surface area contributed by atoms with Gasteiger partial charge in [-0.1, -0.05) is 48.5 Å². The summed E-state index contributed by atoms with van der Waals surface area (Å²) in [7, 11) is 1.66. The van der Waals surface area contributed by atoms with E-state index in [9.17, 15) is 0 Å². The summed E-state index contributed by atoms with van der Waals surface area (Å²) >= 11 is 0. The summed E-state index contributed by atoms with van der Waals surface area (Å²) < 4.78 is 21.5. The van der Waals surface area contributed by atoms with Gasteiger partial charge in [-0.3, -0.25) is 0 Å². The van der Waals surface area contributed by atoms with Crippen molar-refractivity contribution in [2.24, 2.45) is 0 Å². The maximum absolute atomic E-state index is 6.50. The number of aryl methyl sites for hydroxylation is 2. The molecule has 9 heteroatoms. The van der Waals surface area contributed by atoms with E-state index in [0.717, 1.165) is 45.1 Å². The molecule has 7 rings (SSSR count). The van der Waals surface area contributed by atoms with Crippen LogP contribution in [0.25, 0.3) is 11.3 Å². The zero-order valence-electron chi connectivity index (χ0n) is 22.3. The van der Waals surface area contributed by atoms with E-state index in [1.165, 1.54) is 0 Å². The number of para-hydroxylation sites is 2. The van der Waals surface area contributed by atoms with Crippen LogP contribution in [0.2, 0.25) is 0 Å².